The van der Waals surface area contributed by atoms with Crippen LogP contribution in [0.1, 0.15) is 46.0 Å². The molecule has 0 radical (unpaired) electrons. The normalized spacial score (nSPS) is 25.6. The second kappa shape index (κ2) is 6.87. The minimum absolute atomic E-state index is 0.159. The molecule has 2 unspecified atom stereocenters. The van der Waals surface area contributed by atoms with Crippen LogP contribution in [-0.2, 0) is 19.0 Å². The van der Waals surface area contributed by atoms with E-state index >= 15 is 0 Å². The zero-order valence-electron chi connectivity index (χ0n) is 12.8. The highest BCUT2D eigenvalue weighted by atomic mass is 16.7. The van der Waals surface area contributed by atoms with E-state index in [2.05, 4.69) is 19.2 Å². The van der Waals surface area contributed by atoms with Gasteiger partial charge in [0, 0.05) is 18.9 Å². The lowest BCUT2D eigenvalue weighted by atomic mass is 9.88. The van der Waals surface area contributed by atoms with Crippen LogP contribution >= 0.6 is 0 Å². The Kier molecular flexibility index (Phi) is 5.41. The Morgan fingerprint density at radius 3 is 2.45 bits per heavy atom. The van der Waals surface area contributed by atoms with Crippen molar-refractivity contribution in [2.24, 2.45) is 5.92 Å². The summed E-state index contributed by atoms with van der Waals surface area (Å²) in [5.74, 6) is -0.222. The highest BCUT2D eigenvalue weighted by Crippen LogP contribution is 2.36. The van der Waals surface area contributed by atoms with Gasteiger partial charge >= 0.3 is 5.97 Å². The van der Waals surface area contributed by atoms with E-state index in [4.69, 9.17) is 14.2 Å². The molecule has 1 saturated heterocycles. The number of hydrogen-bond acceptors (Lipinski definition) is 5. The first-order chi connectivity index (χ1) is 9.60. The van der Waals surface area contributed by atoms with E-state index in [-0.39, 0.29) is 23.7 Å². The van der Waals surface area contributed by atoms with Crippen molar-refractivity contribution in [2.45, 2.75) is 63.8 Å². The van der Waals surface area contributed by atoms with Crippen LogP contribution < -0.4 is 5.32 Å². The van der Waals surface area contributed by atoms with Crippen LogP contribution in [-0.4, -0.2) is 44.2 Å². The van der Waals surface area contributed by atoms with Crippen LogP contribution in [0.3, 0.4) is 0 Å². The Hall–Kier alpha value is -0.650. The van der Waals surface area contributed by atoms with Crippen LogP contribution in [0.15, 0.2) is 0 Å². The molecule has 0 aromatic carbocycles. The molecule has 20 heavy (non-hydrogen) atoms. The SMILES string of the molecule is CCC(C)C(NC1CCC2(CC1)OCCO2)C(=O)OC. The topological polar surface area (TPSA) is 56.8 Å². The van der Waals surface area contributed by atoms with Gasteiger partial charge in [-0.05, 0) is 18.8 Å². The predicted molar refractivity (Wildman–Crippen MR) is 75.3 cm³/mol. The minimum atomic E-state index is -0.338. The Balaban J connectivity index is 1.87. The second-order valence-corrected chi connectivity index (χ2v) is 5.93. The van der Waals surface area contributed by atoms with Crippen molar-refractivity contribution >= 4 is 5.97 Å². The number of rotatable bonds is 5. The summed E-state index contributed by atoms with van der Waals surface area (Å²) < 4.78 is 16.4. The van der Waals surface area contributed by atoms with Crippen LogP contribution in [0.2, 0.25) is 0 Å². The van der Waals surface area contributed by atoms with Gasteiger partial charge in [-0.2, -0.15) is 0 Å². The van der Waals surface area contributed by atoms with Gasteiger partial charge in [-0.25, -0.2) is 0 Å². The van der Waals surface area contributed by atoms with Crippen LogP contribution in [0.25, 0.3) is 0 Å². The molecule has 0 bridgehead atoms. The van der Waals surface area contributed by atoms with Crippen molar-refractivity contribution in [1.29, 1.82) is 0 Å². The van der Waals surface area contributed by atoms with E-state index in [9.17, 15) is 4.79 Å². The lowest BCUT2D eigenvalue weighted by molar-refractivity contribution is -0.180. The number of hydrogen-bond donors (Lipinski definition) is 1. The van der Waals surface area contributed by atoms with Gasteiger partial charge < -0.3 is 19.5 Å². The standard InChI is InChI=1S/C15H27NO4/c1-4-11(2)13(14(17)18-3)16-12-5-7-15(8-6-12)19-9-10-20-15/h11-13,16H,4-10H2,1-3H3. The van der Waals surface area contributed by atoms with Crippen molar-refractivity contribution in [1.82, 2.24) is 5.32 Å². The Morgan fingerprint density at radius 2 is 1.95 bits per heavy atom. The number of esters is 1. The van der Waals surface area contributed by atoms with Gasteiger partial charge in [0.05, 0.1) is 20.3 Å². The summed E-state index contributed by atoms with van der Waals surface area (Å²) in [7, 11) is 1.45. The van der Waals surface area contributed by atoms with Gasteiger partial charge in [0.25, 0.3) is 0 Å². The first-order valence-electron chi connectivity index (χ1n) is 7.72. The zero-order valence-corrected chi connectivity index (χ0v) is 12.8. The summed E-state index contributed by atoms with van der Waals surface area (Å²) in [6.07, 6.45) is 4.71. The van der Waals surface area contributed by atoms with Gasteiger partial charge in [0.15, 0.2) is 5.79 Å². The zero-order chi connectivity index (χ0) is 14.6. The average molecular weight is 285 g/mol. The monoisotopic (exact) mass is 285 g/mol. The molecule has 1 aliphatic carbocycles. The molecule has 0 amide bonds. The van der Waals surface area contributed by atoms with E-state index in [0.29, 0.717) is 19.3 Å². The average Bonchev–Trinajstić information content (AvgIpc) is 2.93. The van der Waals surface area contributed by atoms with Gasteiger partial charge in [0.2, 0.25) is 0 Å². The molecule has 1 saturated carbocycles. The van der Waals surface area contributed by atoms with Crippen molar-refractivity contribution < 1.29 is 19.0 Å². The maximum atomic E-state index is 11.9. The third-order valence-electron chi connectivity index (χ3n) is 4.64. The molecule has 5 nitrogen and oxygen atoms in total. The summed E-state index contributed by atoms with van der Waals surface area (Å²) in [6, 6.07) is 0.126. The Morgan fingerprint density at radius 1 is 1.35 bits per heavy atom. The van der Waals surface area contributed by atoms with Crippen LogP contribution in [0, 0.1) is 5.92 Å². The number of methoxy groups -OCH3 is 1. The fourth-order valence-corrected chi connectivity index (χ4v) is 3.09. The van der Waals surface area contributed by atoms with Crippen molar-refractivity contribution in [2.75, 3.05) is 20.3 Å². The highest BCUT2D eigenvalue weighted by molar-refractivity contribution is 5.76. The molecule has 1 heterocycles. The number of nitrogens with one attached hydrogen (secondary N) is 1. The van der Waals surface area contributed by atoms with E-state index in [1.807, 2.05) is 0 Å². The number of carbonyl (C=O) groups is 1. The first kappa shape index (κ1) is 15.7. The fraction of sp³-hybridized carbons (Fsp3) is 0.933. The predicted octanol–water partition coefficient (Wildman–Crippen LogP) is 1.85. The fourth-order valence-electron chi connectivity index (χ4n) is 3.09. The molecule has 1 aliphatic heterocycles. The van der Waals surface area contributed by atoms with Gasteiger partial charge in [-0.15, -0.1) is 0 Å². The Bertz CT molecular complexity index is 318. The molecule has 2 rings (SSSR count). The van der Waals surface area contributed by atoms with Crippen LogP contribution in [0.5, 0.6) is 0 Å². The summed E-state index contributed by atoms with van der Waals surface area (Å²) >= 11 is 0. The number of ether oxygens (including phenoxy) is 3. The minimum Gasteiger partial charge on any atom is -0.468 e. The summed E-state index contributed by atoms with van der Waals surface area (Å²) in [5, 5.41) is 3.48. The van der Waals surface area contributed by atoms with Gasteiger partial charge in [-0.1, -0.05) is 20.3 Å². The lowest BCUT2D eigenvalue weighted by Gasteiger charge is -2.37. The third-order valence-corrected chi connectivity index (χ3v) is 4.64. The quantitative estimate of drug-likeness (QED) is 0.781. The van der Waals surface area contributed by atoms with E-state index in [0.717, 1.165) is 32.1 Å². The Labute approximate surface area is 121 Å². The molecule has 116 valence electrons. The molecule has 0 aromatic rings. The van der Waals surface area contributed by atoms with Crippen molar-refractivity contribution in [3.63, 3.8) is 0 Å². The first-order valence-corrected chi connectivity index (χ1v) is 7.72. The summed E-state index contributed by atoms with van der Waals surface area (Å²) in [5.41, 5.74) is 0. The molecule has 1 N–H and O–H groups in total. The molecule has 0 aromatic heterocycles. The molecule has 2 fully saturated rings. The lowest BCUT2D eigenvalue weighted by Crippen LogP contribution is -2.50. The molecule has 2 aliphatic rings. The smallest absolute Gasteiger partial charge is 0.323 e. The molecule has 2 atom stereocenters. The van der Waals surface area contributed by atoms with Crippen LogP contribution in [0.4, 0.5) is 0 Å². The van der Waals surface area contributed by atoms with E-state index < -0.39 is 0 Å². The van der Waals surface area contributed by atoms with E-state index in [1.165, 1.54) is 7.11 Å². The molecular weight excluding hydrogens is 258 g/mol. The summed E-state index contributed by atoms with van der Waals surface area (Å²) in [4.78, 5) is 11.9. The maximum absolute atomic E-state index is 11.9. The molecule has 5 heteroatoms. The van der Waals surface area contributed by atoms with Crippen molar-refractivity contribution in [3.8, 4) is 0 Å². The second-order valence-electron chi connectivity index (χ2n) is 5.93. The van der Waals surface area contributed by atoms with E-state index in [1.54, 1.807) is 0 Å². The maximum Gasteiger partial charge on any atom is 0.323 e. The summed E-state index contributed by atoms with van der Waals surface area (Å²) in [6.45, 7) is 5.59. The van der Waals surface area contributed by atoms with Gasteiger partial charge in [0.1, 0.15) is 6.04 Å². The van der Waals surface area contributed by atoms with Crippen molar-refractivity contribution in [3.05, 3.63) is 0 Å². The van der Waals surface area contributed by atoms with Gasteiger partial charge in [-0.3, -0.25) is 4.79 Å². The third kappa shape index (κ3) is 3.51. The molecule has 1 spiro atoms. The molecular formula is C15H27NO4. The highest BCUT2D eigenvalue weighted by Gasteiger charge is 2.41. The largest absolute Gasteiger partial charge is 0.468 e. The number of carbonyl (C=O) groups excluding carboxylic acids is 1.